The Morgan fingerprint density at radius 3 is 2.48 bits per heavy atom. The van der Waals surface area contributed by atoms with Gasteiger partial charge in [0.05, 0.1) is 12.5 Å². The van der Waals surface area contributed by atoms with E-state index in [9.17, 15) is 14.4 Å². The molecule has 3 aromatic rings. The van der Waals surface area contributed by atoms with Crippen LogP contribution in [0.1, 0.15) is 23.0 Å². The van der Waals surface area contributed by atoms with Crippen LogP contribution in [0.25, 0.3) is 10.8 Å². The van der Waals surface area contributed by atoms with Crippen molar-refractivity contribution in [2.24, 2.45) is 7.05 Å². The lowest BCUT2D eigenvalue weighted by Gasteiger charge is -2.15. The van der Waals surface area contributed by atoms with Crippen molar-refractivity contribution in [3.63, 3.8) is 0 Å². The van der Waals surface area contributed by atoms with Crippen LogP contribution in [-0.4, -0.2) is 34.9 Å². The number of aryl methyl sites for hydroxylation is 1. The van der Waals surface area contributed by atoms with Gasteiger partial charge in [0.15, 0.2) is 11.8 Å². The van der Waals surface area contributed by atoms with E-state index in [1.54, 1.807) is 37.4 Å². The molecule has 29 heavy (non-hydrogen) atoms. The third kappa shape index (κ3) is 4.26. The van der Waals surface area contributed by atoms with Crippen molar-refractivity contribution in [2.45, 2.75) is 19.6 Å². The summed E-state index contributed by atoms with van der Waals surface area (Å²) in [5.41, 5.74) is 0.458. The van der Waals surface area contributed by atoms with Crippen molar-refractivity contribution < 1.29 is 19.1 Å². The smallest absolute Gasteiger partial charge is 0.360 e. The highest BCUT2D eigenvalue weighted by Crippen LogP contribution is 2.17. The molecule has 8 heteroatoms. The Kier molecular flexibility index (Phi) is 5.92. The van der Waals surface area contributed by atoms with Gasteiger partial charge in [-0.05, 0) is 19.1 Å². The van der Waals surface area contributed by atoms with Gasteiger partial charge in [-0.3, -0.25) is 9.59 Å². The number of ether oxygens (including phenoxy) is 2. The van der Waals surface area contributed by atoms with Gasteiger partial charge in [-0.15, -0.1) is 0 Å². The normalized spacial score (nSPS) is 11.7. The van der Waals surface area contributed by atoms with Crippen molar-refractivity contribution in [2.75, 3.05) is 7.11 Å². The Morgan fingerprint density at radius 2 is 1.76 bits per heavy atom. The van der Waals surface area contributed by atoms with Gasteiger partial charge in [-0.25, -0.2) is 9.48 Å². The number of hydrogen-bond acceptors (Lipinski definition) is 6. The molecular weight excluding hydrogens is 374 g/mol. The van der Waals surface area contributed by atoms with Crippen molar-refractivity contribution in [1.29, 1.82) is 0 Å². The van der Waals surface area contributed by atoms with Crippen molar-refractivity contribution in [3.05, 3.63) is 70.1 Å². The molecule has 0 fully saturated rings. The molecule has 150 valence electrons. The van der Waals surface area contributed by atoms with E-state index in [-0.39, 0.29) is 17.8 Å². The summed E-state index contributed by atoms with van der Waals surface area (Å²) in [6.07, 6.45) is -1.05. The molecule has 1 atom stereocenters. The van der Waals surface area contributed by atoms with E-state index >= 15 is 0 Å². The highest BCUT2D eigenvalue weighted by atomic mass is 16.5. The summed E-state index contributed by atoms with van der Waals surface area (Å²) < 4.78 is 11.6. The van der Waals surface area contributed by atoms with Crippen molar-refractivity contribution >= 4 is 22.6 Å². The number of esters is 1. The Balaban J connectivity index is 1.72. The molecule has 0 aliphatic rings. The quantitative estimate of drug-likeness (QED) is 0.639. The number of carbonyl (C=O) groups excluding carboxylic acids is 2. The molecule has 2 aromatic carbocycles. The minimum Gasteiger partial charge on any atom is -0.496 e. The van der Waals surface area contributed by atoms with Gasteiger partial charge < -0.3 is 14.8 Å². The summed E-state index contributed by atoms with van der Waals surface area (Å²) in [7, 11) is 3.00. The van der Waals surface area contributed by atoms with Crippen LogP contribution in [0.15, 0.2) is 53.3 Å². The summed E-state index contributed by atoms with van der Waals surface area (Å²) in [6.45, 7) is 1.70. The lowest BCUT2D eigenvalue weighted by atomic mass is 10.1. The van der Waals surface area contributed by atoms with Crippen LogP contribution in [0.4, 0.5) is 0 Å². The number of benzene rings is 2. The first-order valence-corrected chi connectivity index (χ1v) is 8.99. The van der Waals surface area contributed by atoms with Crippen LogP contribution in [0, 0.1) is 0 Å². The minimum absolute atomic E-state index is 0.0212. The van der Waals surface area contributed by atoms with E-state index in [1.807, 2.05) is 18.2 Å². The van der Waals surface area contributed by atoms with Crippen LogP contribution in [0.2, 0.25) is 0 Å². The maximum atomic E-state index is 12.6. The molecule has 1 unspecified atom stereocenters. The summed E-state index contributed by atoms with van der Waals surface area (Å²) in [4.78, 5) is 37.2. The number of nitrogens with one attached hydrogen (secondary N) is 1. The maximum Gasteiger partial charge on any atom is 0.360 e. The number of amides is 1. The van der Waals surface area contributed by atoms with Crippen molar-refractivity contribution in [3.8, 4) is 5.75 Å². The van der Waals surface area contributed by atoms with Gasteiger partial charge in [0.1, 0.15) is 5.75 Å². The first-order valence-electron chi connectivity index (χ1n) is 8.99. The standard InChI is InChI=1S/C21H21N3O5/c1-13(19(25)22-12-14-8-4-7-11-17(14)28-3)29-21(27)18-15-9-5-6-10-16(15)20(26)24(2)23-18/h4-11,13H,12H2,1-3H3,(H,22,25). The molecule has 8 nitrogen and oxygen atoms in total. The van der Waals surface area contributed by atoms with E-state index in [2.05, 4.69) is 10.4 Å². The van der Waals surface area contributed by atoms with Crippen molar-refractivity contribution in [1.82, 2.24) is 15.1 Å². The fourth-order valence-electron chi connectivity index (χ4n) is 2.90. The number of carbonyl (C=O) groups is 2. The molecule has 0 saturated heterocycles. The number of fused-ring (bicyclic) bond motifs is 1. The van der Waals surface area contributed by atoms with Crippen LogP contribution in [0.5, 0.6) is 5.75 Å². The maximum absolute atomic E-state index is 12.6. The number of aromatic nitrogens is 2. The average molecular weight is 395 g/mol. The molecule has 1 N–H and O–H groups in total. The Morgan fingerprint density at radius 1 is 1.10 bits per heavy atom. The van der Waals surface area contributed by atoms with Gasteiger partial charge in [-0.1, -0.05) is 36.4 Å². The zero-order valence-electron chi connectivity index (χ0n) is 16.3. The second-order valence-electron chi connectivity index (χ2n) is 6.40. The van der Waals surface area contributed by atoms with Crippen LogP contribution >= 0.6 is 0 Å². The molecule has 3 rings (SSSR count). The Labute approximate surface area is 167 Å². The van der Waals surface area contributed by atoms with E-state index in [0.29, 0.717) is 16.5 Å². The zero-order chi connectivity index (χ0) is 21.0. The first kappa shape index (κ1) is 20.1. The van der Waals surface area contributed by atoms with Gasteiger partial charge >= 0.3 is 5.97 Å². The molecule has 0 aliphatic heterocycles. The predicted molar refractivity (Wildman–Crippen MR) is 107 cm³/mol. The fraction of sp³-hybridized carbons (Fsp3) is 0.238. The number of nitrogens with zero attached hydrogens (tertiary/aromatic N) is 2. The van der Waals surface area contributed by atoms with Gasteiger partial charge in [0.25, 0.3) is 11.5 Å². The second-order valence-corrected chi connectivity index (χ2v) is 6.40. The van der Waals surface area contributed by atoms with E-state index < -0.39 is 18.0 Å². The third-order valence-corrected chi connectivity index (χ3v) is 4.45. The van der Waals surface area contributed by atoms with Gasteiger partial charge in [-0.2, -0.15) is 5.10 Å². The zero-order valence-corrected chi connectivity index (χ0v) is 16.3. The lowest BCUT2D eigenvalue weighted by Crippen LogP contribution is -2.36. The highest BCUT2D eigenvalue weighted by molar-refractivity contribution is 6.02. The molecule has 0 spiro atoms. The Hall–Kier alpha value is -3.68. The monoisotopic (exact) mass is 395 g/mol. The molecule has 0 saturated carbocycles. The molecular formula is C21H21N3O5. The van der Waals surface area contributed by atoms with E-state index in [4.69, 9.17) is 9.47 Å². The predicted octanol–water partition coefficient (Wildman–Crippen LogP) is 1.80. The van der Waals surface area contributed by atoms with Gasteiger partial charge in [0, 0.05) is 24.5 Å². The van der Waals surface area contributed by atoms with Crippen LogP contribution < -0.4 is 15.6 Å². The topological polar surface area (TPSA) is 99.5 Å². The molecule has 0 aliphatic carbocycles. The second kappa shape index (κ2) is 8.55. The van der Waals surface area contributed by atoms with Gasteiger partial charge in [0.2, 0.25) is 0 Å². The summed E-state index contributed by atoms with van der Waals surface area (Å²) in [6, 6.07) is 13.9. The molecule has 1 amide bonds. The average Bonchev–Trinajstić information content (AvgIpc) is 2.74. The number of rotatable bonds is 6. The summed E-state index contributed by atoms with van der Waals surface area (Å²) in [5, 5.41) is 7.46. The Bertz CT molecular complexity index is 1120. The first-order chi connectivity index (χ1) is 13.9. The SMILES string of the molecule is COc1ccccc1CNC(=O)C(C)OC(=O)c1nn(C)c(=O)c2ccccc12. The number of para-hydroxylation sites is 1. The van der Waals surface area contributed by atoms with E-state index in [1.165, 1.54) is 14.0 Å². The van der Waals surface area contributed by atoms with Crippen LogP contribution in [-0.2, 0) is 23.1 Å². The number of methoxy groups -OCH3 is 1. The lowest BCUT2D eigenvalue weighted by molar-refractivity contribution is -0.129. The molecule has 1 aromatic heterocycles. The summed E-state index contributed by atoms with van der Waals surface area (Å²) in [5.74, 6) is -0.589. The minimum atomic E-state index is -1.05. The summed E-state index contributed by atoms with van der Waals surface area (Å²) >= 11 is 0. The highest BCUT2D eigenvalue weighted by Gasteiger charge is 2.23. The molecule has 1 heterocycles. The van der Waals surface area contributed by atoms with E-state index in [0.717, 1.165) is 10.2 Å². The molecule has 0 bridgehead atoms. The third-order valence-electron chi connectivity index (χ3n) is 4.45. The molecule has 0 radical (unpaired) electrons. The number of hydrogen-bond donors (Lipinski definition) is 1. The van der Waals surface area contributed by atoms with Crippen LogP contribution in [0.3, 0.4) is 0 Å². The fourth-order valence-corrected chi connectivity index (χ4v) is 2.90. The largest absolute Gasteiger partial charge is 0.496 e.